The number of rotatable bonds is 8. The van der Waals surface area contributed by atoms with Gasteiger partial charge in [0, 0.05) is 44.4 Å². The predicted octanol–water partition coefficient (Wildman–Crippen LogP) is 2.69. The standard InChI is InChI=1S/C22H26N6O5S/c1-6-11-27-19-17(21(30)26(5)22(27)31)20(24-18(23-19)13(2)3)34-12-16(29)25(4)14-7-9-15(10-8-14)28(32)33/h7-10,13H,6,11-12H2,1-5H3. The first-order chi connectivity index (χ1) is 16.1. The maximum Gasteiger partial charge on any atom is 0.332 e. The molecule has 2 aromatic heterocycles. The van der Waals surface area contributed by atoms with E-state index in [2.05, 4.69) is 9.97 Å². The summed E-state index contributed by atoms with van der Waals surface area (Å²) in [6.07, 6.45) is 0.676. The van der Waals surface area contributed by atoms with Gasteiger partial charge in [0.15, 0.2) is 5.65 Å². The van der Waals surface area contributed by atoms with Gasteiger partial charge in [0.25, 0.3) is 11.2 Å². The van der Waals surface area contributed by atoms with Crippen LogP contribution in [-0.4, -0.2) is 42.7 Å². The molecule has 0 unspecified atom stereocenters. The van der Waals surface area contributed by atoms with E-state index in [0.717, 1.165) is 16.3 Å². The highest BCUT2D eigenvalue weighted by Crippen LogP contribution is 2.26. The van der Waals surface area contributed by atoms with E-state index in [4.69, 9.17) is 0 Å². The molecule has 0 aliphatic carbocycles. The molecule has 0 N–H and O–H groups in total. The molecule has 0 bridgehead atoms. The van der Waals surface area contributed by atoms with Crippen LogP contribution in [0.25, 0.3) is 11.0 Å². The number of nitro benzene ring substituents is 1. The van der Waals surface area contributed by atoms with Crippen molar-refractivity contribution in [3.8, 4) is 0 Å². The van der Waals surface area contributed by atoms with Crippen molar-refractivity contribution in [2.75, 3.05) is 17.7 Å². The molecule has 0 saturated carbocycles. The Morgan fingerprint density at radius 2 is 1.85 bits per heavy atom. The number of amides is 1. The van der Waals surface area contributed by atoms with Crippen LogP contribution in [0, 0.1) is 10.1 Å². The topological polar surface area (TPSA) is 133 Å². The summed E-state index contributed by atoms with van der Waals surface area (Å²) in [5.74, 6) is 0.100. The summed E-state index contributed by atoms with van der Waals surface area (Å²) in [5, 5.41) is 11.4. The second-order valence-corrected chi connectivity index (χ2v) is 9.02. The molecule has 12 heteroatoms. The van der Waals surface area contributed by atoms with Crippen LogP contribution in [0.2, 0.25) is 0 Å². The van der Waals surface area contributed by atoms with Crippen molar-refractivity contribution in [3.63, 3.8) is 0 Å². The quantitative estimate of drug-likeness (QED) is 0.205. The Bertz CT molecular complexity index is 1360. The van der Waals surface area contributed by atoms with Gasteiger partial charge < -0.3 is 4.90 Å². The Kier molecular flexibility index (Phi) is 7.50. The molecule has 1 aromatic carbocycles. The molecule has 1 amide bonds. The number of hydrogen-bond donors (Lipinski definition) is 0. The van der Waals surface area contributed by atoms with Crippen molar-refractivity contribution in [3.05, 3.63) is 61.0 Å². The first-order valence-corrected chi connectivity index (χ1v) is 11.7. The van der Waals surface area contributed by atoms with Crippen LogP contribution in [-0.2, 0) is 18.4 Å². The fourth-order valence-electron chi connectivity index (χ4n) is 3.31. The van der Waals surface area contributed by atoms with E-state index in [1.54, 1.807) is 7.05 Å². The highest BCUT2D eigenvalue weighted by molar-refractivity contribution is 8.00. The molecule has 0 aliphatic heterocycles. The van der Waals surface area contributed by atoms with E-state index in [-0.39, 0.29) is 34.3 Å². The minimum Gasteiger partial charge on any atom is -0.315 e. The number of aromatic nitrogens is 4. The van der Waals surface area contributed by atoms with Crippen LogP contribution in [0.15, 0.2) is 38.9 Å². The van der Waals surface area contributed by atoms with Crippen LogP contribution < -0.4 is 16.1 Å². The SMILES string of the molecule is CCCn1c(=O)n(C)c(=O)c2c(SCC(=O)N(C)c3ccc([N+](=O)[O-])cc3)nc(C(C)C)nc21. The Labute approximate surface area is 199 Å². The Balaban J connectivity index is 2.00. The van der Waals surface area contributed by atoms with Gasteiger partial charge in [-0.05, 0) is 18.6 Å². The van der Waals surface area contributed by atoms with Gasteiger partial charge in [-0.3, -0.25) is 28.8 Å². The van der Waals surface area contributed by atoms with Crippen LogP contribution in [0.3, 0.4) is 0 Å². The lowest BCUT2D eigenvalue weighted by atomic mass is 10.2. The molecule has 3 rings (SSSR count). The smallest absolute Gasteiger partial charge is 0.315 e. The lowest BCUT2D eigenvalue weighted by molar-refractivity contribution is -0.384. The van der Waals surface area contributed by atoms with Gasteiger partial charge in [-0.25, -0.2) is 14.8 Å². The Morgan fingerprint density at radius 3 is 2.41 bits per heavy atom. The zero-order chi connectivity index (χ0) is 25.2. The van der Waals surface area contributed by atoms with Gasteiger partial charge in [-0.1, -0.05) is 32.5 Å². The molecule has 34 heavy (non-hydrogen) atoms. The molecular weight excluding hydrogens is 460 g/mol. The monoisotopic (exact) mass is 486 g/mol. The normalized spacial score (nSPS) is 11.2. The molecule has 0 spiro atoms. The van der Waals surface area contributed by atoms with E-state index in [1.165, 1.54) is 40.8 Å². The number of thioether (sulfide) groups is 1. The van der Waals surface area contributed by atoms with E-state index < -0.39 is 16.2 Å². The van der Waals surface area contributed by atoms with Gasteiger partial charge in [-0.15, -0.1) is 0 Å². The lowest BCUT2D eigenvalue weighted by Crippen LogP contribution is -2.39. The number of nitro groups is 1. The molecular formula is C22H26N6O5S. The second-order valence-electron chi connectivity index (χ2n) is 8.05. The molecule has 0 radical (unpaired) electrons. The second kappa shape index (κ2) is 10.2. The Hall–Kier alpha value is -3.54. The minimum absolute atomic E-state index is 0.0345. The summed E-state index contributed by atoms with van der Waals surface area (Å²) >= 11 is 1.10. The average molecular weight is 487 g/mol. The first-order valence-electron chi connectivity index (χ1n) is 10.7. The van der Waals surface area contributed by atoms with E-state index in [1.807, 2.05) is 20.8 Å². The lowest BCUT2D eigenvalue weighted by Gasteiger charge is -2.18. The zero-order valence-corrected chi connectivity index (χ0v) is 20.5. The van der Waals surface area contributed by atoms with Gasteiger partial charge in [-0.2, -0.15) is 0 Å². The zero-order valence-electron chi connectivity index (χ0n) is 19.6. The molecule has 11 nitrogen and oxygen atoms in total. The number of aryl methyl sites for hydroxylation is 1. The summed E-state index contributed by atoms with van der Waals surface area (Å²) in [4.78, 5) is 59.4. The molecule has 0 saturated heterocycles. The maximum atomic E-state index is 13.0. The summed E-state index contributed by atoms with van der Waals surface area (Å²) in [6.45, 7) is 6.14. The van der Waals surface area contributed by atoms with E-state index >= 15 is 0 Å². The van der Waals surface area contributed by atoms with Crippen LogP contribution in [0.1, 0.15) is 38.9 Å². The van der Waals surface area contributed by atoms with Crippen molar-refractivity contribution < 1.29 is 9.72 Å². The number of benzene rings is 1. The highest BCUT2D eigenvalue weighted by Gasteiger charge is 2.21. The van der Waals surface area contributed by atoms with Gasteiger partial charge in [0.05, 0.1) is 10.7 Å². The molecule has 0 aliphatic rings. The summed E-state index contributed by atoms with van der Waals surface area (Å²) in [5.41, 5.74) is -0.257. The third-order valence-corrected chi connectivity index (χ3v) is 6.24. The van der Waals surface area contributed by atoms with Crippen molar-refractivity contribution in [1.29, 1.82) is 0 Å². The molecule has 0 fully saturated rings. The van der Waals surface area contributed by atoms with Crippen molar-refractivity contribution in [1.82, 2.24) is 19.1 Å². The van der Waals surface area contributed by atoms with Crippen LogP contribution in [0.5, 0.6) is 0 Å². The number of carbonyl (C=O) groups excluding carboxylic acids is 1. The minimum atomic E-state index is -0.513. The first kappa shape index (κ1) is 25.1. The molecule has 0 atom stereocenters. The third-order valence-electron chi connectivity index (χ3n) is 5.28. The van der Waals surface area contributed by atoms with Gasteiger partial charge in [0.1, 0.15) is 16.2 Å². The number of carbonyl (C=O) groups is 1. The summed E-state index contributed by atoms with van der Waals surface area (Å²) < 4.78 is 2.50. The number of anilines is 1. The van der Waals surface area contributed by atoms with Gasteiger partial charge in [0.2, 0.25) is 5.91 Å². The Morgan fingerprint density at radius 1 is 1.21 bits per heavy atom. The predicted molar refractivity (Wildman–Crippen MR) is 131 cm³/mol. The van der Waals surface area contributed by atoms with Crippen molar-refractivity contribution in [2.24, 2.45) is 7.05 Å². The fourth-order valence-corrected chi connectivity index (χ4v) is 4.25. The summed E-state index contributed by atoms with van der Waals surface area (Å²) in [6, 6.07) is 5.65. The molecule has 3 aromatic rings. The van der Waals surface area contributed by atoms with Crippen LogP contribution >= 0.6 is 11.8 Å². The number of nitrogens with zero attached hydrogens (tertiary/aromatic N) is 6. The van der Waals surface area contributed by atoms with Gasteiger partial charge >= 0.3 is 5.69 Å². The molecule has 180 valence electrons. The third kappa shape index (κ3) is 4.86. The number of fused-ring (bicyclic) bond motifs is 1. The van der Waals surface area contributed by atoms with Crippen LogP contribution in [0.4, 0.5) is 11.4 Å². The van der Waals surface area contributed by atoms with E-state index in [9.17, 15) is 24.5 Å². The average Bonchev–Trinajstić information content (AvgIpc) is 2.82. The largest absolute Gasteiger partial charge is 0.332 e. The van der Waals surface area contributed by atoms with Crippen molar-refractivity contribution >= 4 is 40.1 Å². The molecule has 2 heterocycles. The van der Waals surface area contributed by atoms with E-state index in [0.29, 0.717) is 29.5 Å². The highest BCUT2D eigenvalue weighted by atomic mass is 32.2. The fraction of sp³-hybridized carbons (Fsp3) is 0.409. The number of non-ortho nitro benzene ring substituents is 1. The number of hydrogen-bond acceptors (Lipinski definition) is 8. The van der Waals surface area contributed by atoms with Crippen molar-refractivity contribution in [2.45, 2.75) is 44.7 Å². The summed E-state index contributed by atoms with van der Waals surface area (Å²) in [7, 11) is 2.98. The maximum absolute atomic E-state index is 13.0.